The second-order valence-corrected chi connectivity index (χ2v) is 15.9. The van der Waals surface area contributed by atoms with Crippen molar-refractivity contribution in [2.24, 2.45) is 0 Å². The van der Waals surface area contributed by atoms with E-state index in [4.69, 9.17) is 18.9 Å². The summed E-state index contributed by atoms with van der Waals surface area (Å²) < 4.78 is 22.6. The van der Waals surface area contributed by atoms with Crippen molar-refractivity contribution in [2.45, 2.75) is 155 Å². The minimum absolute atomic E-state index is 0.126. The average molecular weight is 851 g/mol. The molecule has 0 aromatic carbocycles. The Kier molecular flexibility index (Phi) is 39.8. The lowest BCUT2D eigenvalue weighted by atomic mass is 10.1. The molecule has 1 N–H and O–H groups in total. The van der Waals surface area contributed by atoms with E-state index in [0.29, 0.717) is 17.4 Å². The summed E-state index contributed by atoms with van der Waals surface area (Å²) >= 11 is 0. The first kappa shape index (κ1) is 57.0. The molecule has 0 radical (unpaired) electrons. The molecule has 9 heteroatoms. The van der Waals surface area contributed by atoms with E-state index in [0.717, 1.165) is 89.9 Å². The number of unbranched alkanes of at least 4 members (excludes halogenated alkanes) is 7. The second-order valence-electron chi connectivity index (χ2n) is 15.9. The van der Waals surface area contributed by atoms with Gasteiger partial charge in [0, 0.05) is 12.8 Å². The van der Waals surface area contributed by atoms with E-state index in [1.54, 1.807) is 0 Å². The molecule has 0 aliphatic heterocycles. The fraction of sp³-hybridized carbons (Fsp3) is 0.596. The van der Waals surface area contributed by atoms with Gasteiger partial charge in [-0.3, -0.25) is 9.59 Å². The largest absolute Gasteiger partial charge is 0.477 e. The Morgan fingerprint density at radius 3 is 1.38 bits per heavy atom. The maximum atomic E-state index is 12.7. The van der Waals surface area contributed by atoms with Gasteiger partial charge in [0.1, 0.15) is 13.2 Å². The molecular weight excluding hydrogens is 767 g/mol. The summed E-state index contributed by atoms with van der Waals surface area (Å²) in [5, 5.41) is 9.64. The Hall–Kier alpha value is -4.05. The Balaban J connectivity index is 4.59. The number of carbonyl (C=O) groups excluding carboxylic acids is 2. The summed E-state index contributed by atoms with van der Waals surface area (Å²) in [5.74, 6) is -2.15. The summed E-state index contributed by atoms with van der Waals surface area (Å²) in [5.41, 5.74) is 0. The fourth-order valence-corrected chi connectivity index (χ4v) is 5.52. The number of carboxylic acid groups (broad SMARTS) is 1. The van der Waals surface area contributed by atoms with Crippen molar-refractivity contribution in [1.29, 1.82) is 0 Å². The highest BCUT2D eigenvalue weighted by molar-refractivity contribution is 5.71. The predicted molar refractivity (Wildman–Crippen MR) is 253 cm³/mol. The molecular formula is C52H84NO8+. The van der Waals surface area contributed by atoms with Crippen LogP contribution in [0.5, 0.6) is 0 Å². The van der Waals surface area contributed by atoms with E-state index in [-0.39, 0.29) is 38.6 Å². The van der Waals surface area contributed by atoms with Crippen LogP contribution in [0.15, 0.2) is 109 Å². The monoisotopic (exact) mass is 851 g/mol. The average Bonchev–Trinajstić information content (AvgIpc) is 3.22. The predicted octanol–water partition coefficient (Wildman–Crippen LogP) is 12.4. The first-order chi connectivity index (χ1) is 29.6. The number of hydrogen-bond donors (Lipinski definition) is 1. The third kappa shape index (κ3) is 43.8. The normalized spacial score (nSPS) is 13.9. The maximum absolute atomic E-state index is 12.7. The van der Waals surface area contributed by atoms with Crippen LogP contribution in [0.2, 0.25) is 0 Å². The molecule has 0 rings (SSSR count). The molecule has 0 aliphatic rings. The number of esters is 2. The Morgan fingerprint density at radius 2 is 0.918 bits per heavy atom. The van der Waals surface area contributed by atoms with Gasteiger partial charge < -0.3 is 28.5 Å². The summed E-state index contributed by atoms with van der Waals surface area (Å²) in [7, 11) is 5.92. The number of likely N-dealkylation sites (N-methyl/N-ethyl adjacent to an activating group) is 1. The Labute approximate surface area is 371 Å². The molecule has 0 aromatic rings. The second kappa shape index (κ2) is 42.6. The van der Waals surface area contributed by atoms with E-state index in [1.807, 2.05) is 33.3 Å². The lowest BCUT2D eigenvalue weighted by molar-refractivity contribution is -0.870. The molecule has 61 heavy (non-hydrogen) atoms. The third-order valence-corrected chi connectivity index (χ3v) is 9.04. The molecule has 0 spiro atoms. The highest BCUT2D eigenvalue weighted by Gasteiger charge is 2.25. The van der Waals surface area contributed by atoms with Crippen LogP contribution in [0.25, 0.3) is 0 Å². The summed E-state index contributed by atoms with van der Waals surface area (Å²) in [6.07, 6.45) is 54.5. The van der Waals surface area contributed by atoms with Gasteiger partial charge >= 0.3 is 17.9 Å². The van der Waals surface area contributed by atoms with Crippen LogP contribution in [0.4, 0.5) is 0 Å². The lowest BCUT2D eigenvalue weighted by Gasteiger charge is -2.25. The molecule has 0 fully saturated rings. The number of allylic oxidation sites excluding steroid dienone is 18. The fourth-order valence-electron chi connectivity index (χ4n) is 5.52. The standard InChI is InChI=1S/C52H83NO8/c1-6-8-10-12-14-16-18-20-22-24-25-27-29-31-33-35-37-39-41-43-50(55)61-48(47-60-52(51(56)57)58-45-44-53(3,4)5)46-59-49(54)42-40-38-36-34-32-30-28-26-23-21-19-17-15-13-11-9-7-2/h8-11,14-17,20-23,25,27,31,33,37,39,48,52H,6-7,12-13,18-19,24,26,28-30,32,34-36,38,40-47H2,1-5H3/p+1/b10-8-,11-9-,16-14-,17-15-,22-20-,23-21-,27-25-,33-31-,39-37-. The molecule has 0 bridgehead atoms. The van der Waals surface area contributed by atoms with Gasteiger partial charge in [-0.25, -0.2) is 4.79 Å². The van der Waals surface area contributed by atoms with E-state index in [1.165, 1.54) is 19.3 Å². The molecule has 2 unspecified atom stereocenters. The summed E-state index contributed by atoms with van der Waals surface area (Å²) in [6.45, 7) is 4.51. The molecule has 0 aromatic heterocycles. The number of carboxylic acids is 1. The number of hydrogen-bond acceptors (Lipinski definition) is 7. The zero-order valence-electron chi connectivity index (χ0n) is 38.8. The molecule has 0 saturated carbocycles. The number of aliphatic carboxylic acids is 1. The molecule has 344 valence electrons. The number of ether oxygens (including phenoxy) is 4. The summed E-state index contributed by atoms with van der Waals surface area (Å²) in [4.78, 5) is 37.1. The van der Waals surface area contributed by atoms with E-state index < -0.39 is 24.3 Å². The SMILES string of the molecule is CC/C=C\C/C=C\C/C=C\C/C=C\C/C=C\C/C=C\CCC(=O)OC(COC(=O)CCCCCCCCC/C=C\C/C=C\C/C=C\CC)COC(OCC[N+](C)(C)C)C(=O)O. The van der Waals surface area contributed by atoms with Crippen LogP contribution in [0, 0.1) is 0 Å². The zero-order valence-corrected chi connectivity index (χ0v) is 38.8. The van der Waals surface area contributed by atoms with Gasteiger partial charge in [0.05, 0.1) is 34.4 Å². The van der Waals surface area contributed by atoms with Crippen molar-refractivity contribution in [1.82, 2.24) is 0 Å². The van der Waals surface area contributed by atoms with Gasteiger partial charge in [-0.2, -0.15) is 0 Å². The van der Waals surface area contributed by atoms with Gasteiger partial charge in [-0.1, -0.05) is 155 Å². The van der Waals surface area contributed by atoms with Crippen LogP contribution in [0.1, 0.15) is 142 Å². The Morgan fingerprint density at radius 1 is 0.492 bits per heavy atom. The van der Waals surface area contributed by atoms with Crippen molar-refractivity contribution in [3.05, 3.63) is 109 Å². The number of quaternary nitrogens is 1. The quantitative estimate of drug-likeness (QED) is 0.0213. The lowest BCUT2D eigenvalue weighted by Crippen LogP contribution is -2.40. The highest BCUT2D eigenvalue weighted by atomic mass is 16.7. The first-order valence-corrected chi connectivity index (χ1v) is 23.1. The van der Waals surface area contributed by atoms with Crippen molar-refractivity contribution in [3.8, 4) is 0 Å². The Bertz CT molecular complexity index is 1360. The van der Waals surface area contributed by atoms with E-state index in [2.05, 4.69) is 111 Å². The topological polar surface area (TPSA) is 108 Å². The highest BCUT2D eigenvalue weighted by Crippen LogP contribution is 2.12. The number of nitrogens with zero attached hydrogens (tertiary/aromatic N) is 1. The van der Waals surface area contributed by atoms with Gasteiger partial charge in [-0.15, -0.1) is 0 Å². The van der Waals surface area contributed by atoms with Crippen LogP contribution in [-0.4, -0.2) is 87.4 Å². The van der Waals surface area contributed by atoms with Crippen molar-refractivity contribution < 1.29 is 42.9 Å². The number of rotatable bonds is 40. The van der Waals surface area contributed by atoms with Gasteiger partial charge in [-0.05, 0) is 83.5 Å². The van der Waals surface area contributed by atoms with Crippen LogP contribution < -0.4 is 0 Å². The minimum atomic E-state index is -1.54. The van der Waals surface area contributed by atoms with Gasteiger partial charge in [0.2, 0.25) is 0 Å². The van der Waals surface area contributed by atoms with Crippen LogP contribution in [0.3, 0.4) is 0 Å². The first-order valence-electron chi connectivity index (χ1n) is 23.1. The molecule has 9 nitrogen and oxygen atoms in total. The maximum Gasteiger partial charge on any atom is 0.361 e. The summed E-state index contributed by atoms with van der Waals surface area (Å²) in [6, 6.07) is 0. The van der Waals surface area contributed by atoms with Crippen molar-refractivity contribution >= 4 is 17.9 Å². The molecule has 0 saturated heterocycles. The van der Waals surface area contributed by atoms with Crippen molar-refractivity contribution in [3.63, 3.8) is 0 Å². The molecule has 0 amide bonds. The van der Waals surface area contributed by atoms with E-state index >= 15 is 0 Å². The van der Waals surface area contributed by atoms with E-state index in [9.17, 15) is 19.5 Å². The zero-order chi connectivity index (χ0) is 44.9. The number of carbonyl (C=O) groups is 3. The van der Waals surface area contributed by atoms with Gasteiger partial charge in [0.15, 0.2) is 6.10 Å². The molecule has 0 aliphatic carbocycles. The molecule has 2 atom stereocenters. The third-order valence-electron chi connectivity index (χ3n) is 9.04. The minimum Gasteiger partial charge on any atom is -0.477 e. The van der Waals surface area contributed by atoms with Crippen molar-refractivity contribution in [2.75, 3.05) is 47.5 Å². The van der Waals surface area contributed by atoms with Crippen LogP contribution >= 0.6 is 0 Å². The smallest absolute Gasteiger partial charge is 0.361 e. The van der Waals surface area contributed by atoms with Crippen LogP contribution in [-0.2, 0) is 33.3 Å². The molecule has 0 heterocycles. The van der Waals surface area contributed by atoms with Gasteiger partial charge in [0.25, 0.3) is 6.29 Å².